The van der Waals surface area contributed by atoms with Crippen LogP contribution in [0.25, 0.3) is 0 Å². The number of aromatic nitrogens is 1. The summed E-state index contributed by atoms with van der Waals surface area (Å²) < 4.78 is 0.966. The van der Waals surface area contributed by atoms with Gasteiger partial charge in [-0.3, -0.25) is 4.98 Å². The van der Waals surface area contributed by atoms with Crippen LogP contribution in [-0.2, 0) is 0 Å². The molecule has 0 saturated heterocycles. The molecule has 0 aromatic carbocycles. The van der Waals surface area contributed by atoms with Crippen LogP contribution in [0.3, 0.4) is 0 Å². The largest absolute Gasteiger partial charge is 0.323 e. The molecule has 0 radical (unpaired) electrons. The van der Waals surface area contributed by atoms with E-state index in [1.54, 1.807) is 6.20 Å². The van der Waals surface area contributed by atoms with E-state index in [1.165, 1.54) is 0 Å². The topological polar surface area (TPSA) is 38.9 Å². The average Bonchev–Trinajstić information content (AvgIpc) is 2.18. The van der Waals surface area contributed by atoms with Crippen LogP contribution in [-0.4, -0.2) is 4.98 Å². The molecule has 74 valence electrons. The molecule has 1 rings (SSSR count). The Hall–Kier alpha value is -0.850. The molecule has 1 heterocycles. The predicted octanol–water partition coefficient (Wildman–Crippen LogP) is 2.65. The molecule has 3 heteroatoms. The van der Waals surface area contributed by atoms with Crippen molar-refractivity contribution in [3.05, 3.63) is 28.5 Å². The lowest BCUT2D eigenvalue weighted by Crippen LogP contribution is -2.12. The Bertz CT molecular complexity index is 330. The Morgan fingerprint density at radius 2 is 2.43 bits per heavy atom. The molecular formula is C11H13BrN2. The number of halogens is 1. The quantitative estimate of drug-likeness (QED) is 0.661. The monoisotopic (exact) mass is 252 g/mol. The molecule has 0 aliphatic rings. The summed E-state index contributed by atoms with van der Waals surface area (Å²) in [5, 5.41) is 0. The maximum Gasteiger partial charge on any atom is 0.0712 e. The van der Waals surface area contributed by atoms with Crippen molar-refractivity contribution < 1.29 is 0 Å². The molecule has 0 saturated carbocycles. The van der Waals surface area contributed by atoms with Crippen molar-refractivity contribution in [1.82, 2.24) is 4.98 Å². The zero-order chi connectivity index (χ0) is 10.4. The number of hydrogen-bond donors (Lipinski definition) is 1. The van der Waals surface area contributed by atoms with Gasteiger partial charge in [0.05, 0.1) is 5.69 Å². The Morgan fingerprint density at radius 3 is 3.07 bits per heavy atom. The van der Waals surface area contributed by atoms with Crippen molar-refractivity contribution in [1.29, 1.82) is 0 Å². The summed E-state index contributed by atoms with van der Waals surface area (Å²) in [6.45, 7) is 0. The fourth-order valence-electron chi connectivity index (χ4n) is 1.23. The lowest BCUT2D eigenvalue weighted by atomic mass is 10.1. The zero-order valence-electron chi connectivity index (χ0n) is 7.91. The van der Waals surface area contributed by atoms with E-state index in [0.29, 0.717) is 0 Å². The third-order valence-electron chi connectivity index (χ3n) is 1.97. The van der Waals surface area contributed by atoms with Crippen LogP contribution in [0.4, 0.5) is 0 Å². The lowest BCUT2D eigenvalue weighted by molar-refractivity contribution is 0.603. The minimum absolute atomic E-state index is 0.0288. The maximum absolute atomic E-state index is 5.98. The first-order chi connectivity index (χ1) is 6.75. The number of hydrogen-bond acceptors (Lipinski definition) is 2. The van der Waals surface area contributed by atoms with Gasteiger partial charge in [-0.25, -0.2) is 0 Å². The minimum Gasteiger partial charge on any atom is -0.323 e. The fraction of sp³-hybridized carbons (Fsp3) is 0.364. The first kappa shape index (κ1) is 11.2. The van der Waals surface area contributed by atoms with Crippen LogP contribution in [0.2, 0.25) is 0 Å². The van der Waals surface area contributed by atoms with Crippen LogP contribution < -0.4 is 5.73 Å². The van der Waals surface area contributed by atoms with Gasteiger partial charge in [0.1, 0.15) is 0 Å². The van der Waals surface area contributed by atoms with Crippen molar-refractivity contribution in [2.45, 2.75) is 25.3 Å². The summed E-state index contributed by atoms with van der Waals surface area (Å²) >= 11 is 3.42. The first-order valence-corrected chi connectivity index (χ1v) is 5.34. The van der Waals surface area contributed by atoms with Gasteiger partial charge in [-0.15, -0.1) is 12.3 Å². The molecule has 1 aromatic heterocycles. The van der Waals surface area contributed by atoms with Gasteiger partial charge < -0.3 is 5.73 Å². The van der Waals surface area contributed by atoms with Gasteiger partial charge in [-0.2, -0.15) is 0 Å². The summed E-state index contributed by atoms with van der Waals surface area (Å²) in [5.74, 6) is 2.60. The Balaban J connectivity index is 2.57. The van der Waals surface area contributed by atoms with Gasteiger partial charge in [0.2, 0.25) is 0 Å². The summed E-state index contributed by atoms with van der Waals surface area (Å²) in [4.78, 5) is 4.23. The van der Waals surface area contributed by atoms with Crippen molar-refractivity contribution >= 4 is 15.9 Å². The smallest absolute Gasteiger partial charge is 0.0712 e. The molecular weight excluding hydrogens is 240 g/mol. The van der Waals surface area contributed by atoms with E-state index in [0.717, 1.165) is 29.4 Å². The second-order valence-electron chi connectivity index (χ2n) is 3.07. The first-order valence-electron chi connectivity index (χ1n) is 4.55. The second-order valence-corrected chi connectivity index (χ2v) is 3.93. The van der Waals surface area contributed by atoms with Crippen molar-refractivity contribution in [3.63, 3.8) is 0 Å². The highest BCUT2D eigenvalue weighted by atomic mass is 79.9. The normalized spacial score (nSPS) is 12.1. The average molecular weight is 253 g/mol. The van der Waals surface area contributed by atoms with Crippen molar-refractivity contribution in [3.8, 4) is 12.3 Å². The summed E-state index contributed by atoms with van der Waals surface area (Å²) in [7, 11) is 0. The molecule has 0 fully saturated rings. The molecule has 0 aliphatic carbocycles. The van der Waals surface area contributed by atoms with E-state index in [-0.39, 0.29) is 6.04 Å². The molecule has 14 heavy (non-hydrogen) atoms. The predicted molar refractivity (Wildman–Crippen MR) is 61.5 cm³/mol. The molecule has 0 bridgehead atoms. The Labute approximate surface area is 93.0 Å². The van der Waals surface area contributed by atoms with Crippen LogP contribution in [0.5, 0.6) is 0 Å². The summed E-state index contributed by atoms with van der Waals surface area (Å²) in [6.07, 6.45) is 9.51. The van der Waals surface area contributed by atoms with Crippen LogP contribution in [0, 0.1) is 12.3 Å². The van der Waals surface area contributed by atoms with Crippen molar-refractivity contribution in [2.75, 3.05) is 0 Å². The van der Waals surface area contributed by atoms with Crippen LogP contribution in [0.1, 0.15) is 31.0 Å². The van der Waals surface area contributed by atoms with Gasteiger partial charge in [0.25, 0.3) is 0 Å². The van der Waals surface area contributed by atoms with E-state index in [2.05, 4.69) is 26.8 Å². The van der Waals surface area contributed by atoms with E-state index in [4.69, 9.17) is 12.2 Å². The molecule has 2 nitrogen and oxygen atoms in total. The molecule has 0 amide bonds. The summed E-state index contributed by atoms with van der Waals surface area (Å²) in [6, 6.07) is 3.80. The van der Waals surface area contributed by atoms with Crippen molar-refractivity contribution in [2.24, 2.45) is 5.73 Å². The van der Waals surface area contributed by atoms with E-state index in [1.807, 2.05) is 12.1 Å². The standard InChI is InChI=1S/C11H13BrN2/c1-2-3-4-7-10(13)11-9(12)6-5-8-14-11/h1,5-6,8,10H,3-4,7,13H2. The number of nitrogens with zero attached hydrogens (tertiary/aromatic N) is 1. The highest BCUT2D eigenvalue weighted by molar-refractivity contribution is 9.10. The van der Waals surface area contributed by atoms with E-state index >= 15 is 0 Å². The molecule has 0 spiro atoms. The molecule has 2 N–H and O–H groups in total. The van der Waals surface area contributed by atoms with Gasteiger partial charge >= 0.3 is 0 Å². The number of nitrogens with two attached hydrogens (primary N) is 1. The highest BCUT2D eigenvalue weighted by Gasteiger charge is 2.09. The molecule has 1 atom stereocenters. The number of rotatable bonds is 4. The Morgan fingerprint density at radius 1 is 1.64 bits per heavy atom. The molecule has 1 unspecified atom stereocenters. The number of terminal acetylenes is 1. The number of unbranched alkanes of at least 4 members (excludes halogenated alkanes) is 1. The number of pyridine rings is 1. The van der Waals surface area contributed by atoms with Crippen LogP contribution >= 0.6 is 15.9 Å². The third kappa shape index (κ3) is 3.13. The van der Waals surface area contributed by atoms with Gasteiger partial charge in [0, 0.05) is 23.1 Å². The highest BCUT2D eigenvalue weighted by Crippen LogP contribution is 2.22. The van der Waals surface area contributed by atoms with Crippen LogP contribution in [0.15, 0.2) is 22.8 Å². The van der Waals surface area contributed by atoms with Gasteiger partial charge in [-0.05, 0) is 40.9 Å². The van der Waals surface area contributed by atoms with Gasteiger partial charge in [-0.1, -0.05) is 0 Å². The molecule has 0 aliphatic heterocycles. The second kappa shape index (κ2) is 5.79. The maximum atomic E-state index is 5.98. The lowest BCUT2D eigenvalue weighted by Gasteiger charge is -2.11. The zero-order valence-corrected chi connectivity index (χ0v) is 9.50. The van der Waals surface area contributed by atoms with E-state index < -0.39 is 0 Å². The SMILES string of the molecule is C#CCCCC(N)c1ncccc1Br. The molecule has 1 aromatic rings. The Kier molecular flexibility index (Phi) is 4.64. The van der Waals surface area contributed by atoms with Gasteiger partial charge in [0.15, 0.2) is 0 Å². The third-order valence-corrected chi connectivity index (χ3v) is 2.64. The fourth-order valence-corrected chi connectivity index (χ4v) is 1.78. The van der Waals surface area contributed by atoms with E-state index in [9.17, 15) is 0 Å². The summed E-state index contributed by atoms with van der Waals surface area (Å²) in [5.41, 5.74) is 6.88. The minimum atomic E-state index is -0.0288.